The molecule has 0 unspecified atom stereocenters. The van der Waals surface area contributed by atoms with Gasteiger partial charge < -0.3 is 0 Å². The van der Waals surface area contributed by atoms with E-state index in [-0.39, 0.29) is 0 Å². The summed E-state index contributed by atoms with van der Waals surface area (Å²) < 4.78 is 23.8. The van der Waals surface area contributed by atoms with E-state index in [1.54, 1.807) is 0 Å². The molecule has 0 aromatic rings. The molecule has 0 atom stereocenters. The van der Waals surface area contributed by atoms with Crippen molar-refractivity contribution < 1.29 is 8.42 Å². The number of nitrogens with zero attached hydrogens (tertiary/aromatic N) is 1. The Labute approximate surface area is 73.1 Å². The van der Waals surface area contributed by atoms with Crippen molar-refractivity contribution in [3.8, 4) is 0 Å². The van der Waals surface area contributed by atoms with Gasteiger partial charge in [-0.3, -0.25) is 5.84 Å². The molecule has 0 bridgehead atoms. The van der Waals surface area contributed by atoms with E-state index in [2.05, 4.69) is 0 Å². The van der Waals surface area contributed by atoms with Gasteiger partial charge in [-0.15, -0.1) is 4.83 Å². The minimum absolute atomic E-state index is 0.590. The van der Waals surface area contributed by atoms with Crippen LogP contribution in [-0.4, -0.2) is 25.8 Å². The fourth-order valence-corrected chi connectivity index (χ4v) is 2.24. The first-order chi connectivity index (χ1) is 5.67. The lowest BCUT2D eigenvalue weighted by molar-refractivity contribution is 0.416. The van der Waals surface area contributed by atoms with Crippen LogP contribution in [0.4, 0.5) is 0 Å². The minimum atomic E-state index is -3.38. The summed E-state index contributed by atoms with van der Waals surface area (Å²) in [5, 5.41) is 0. The standard InChI is InChI=1S/C6H15N3O2S/c7-8-12(10,11)9-5-3-1-2-4-6-9/h8H,1-7H2. The summed E-state index contributed by atoms with van der Waals surface area (Å²) in [5.74, 6) is 4.91. The van der Waals surface area contributed by atoms with Crippen molar-refractivity contribution in [2.75, 3.05) is 13.1 Å². The Balaban J connectivity index is 2.60. The molecule has 1 heterocycles. The topological polar surface area (TPSA) is 75.4 Å². The van der Waals surface area contributed by atoms with Crippen LogP contribution in [0, 0.1) is 0 Å². The average Bonchev–Trinajstić information content (AvgIpc) is 2.32. The Morgan fingerprint density at radius 2 is 1.58 bits per heavy atom. The third kappa shape index (κ3) is 2.41. The molecule has 0 spiro atoms. The summed E-state index contributed by atoms with van der Waals surface area (Å²) in [4.78, 5) is 1.84. The first-order valence-electron chi connectivity index (χ1n) is 4.14. The highest BCUT2D eigenvalue weighted by molar-refractivity contribution is 7.87. The molecule has 0 saturated carbocycles. The molecule has 12 heavy (non-hydrogen) atoms. The third-order valence-electron chi connectivity index (χ3n) is 2.05. The van der Waals surface area contributed by atoms with E-state index in [9.17, 15) is 8.42 Å². The lowest BCUT2D eigenvalue weighted by Gasteiger charge is -2.17. The normalized spacial score (nSPS) is 22.1. The average molecular weight is 193 g/mol. The molecule has 1 aliphatic heterocycles. The van der Waals surface area contributed by atoms with Gasteiger partial charge in [0.2, 0.25) is 0 Å². The molecule has 0 aromatic carbocycles. The summed E-state index contributed by atoms with van der Waals surface area (Å²) in [6, 6.07) is 0. The summed E-state index contributed by atoms with van der Waals surface area (Å²) in [7, 11) is -3.38. The van der Waals surface area contributed by atoms with Crippen LogP contribution >= 0.6 is 0 Å². The molecule has 1 aliphatic rings. The summed E-state index contributed by atoms with van der Waals surface area (Å²) in [6.45, 7) is 1.18. The zero-order chi connectivity index (χ0) is 9.03. The van der Waals surface area contributed by atoms with Crippen molar-refractivity contribution in [3.05, 3.63) is 0 Å². The maximum Gasteiger partial charge on any atom is 0.292 e. The number of hydrogen-bond donors (Lipinski definition) is 2. The van der Waals surface area contributed by atoms with E-state index in [0.29, 0.717) is 13.1 Å². The van der Waals surface area contributed by atoms with Crippen molar-refractivity contribution in [1.29, 1.82) is 0 Å². The predicted molar refractivity (Wildman–Crippen MR) is 46.3 cm³/mol. The van der Waals surface area contributed by atoms with Crippen LogP contribution in [0.3, 0.4) is 0 Å². The summed E-state index contributed by atoms with van der Waals surface area (Å²) >= 11 is 0. The van der Waals surface area contributed by atoms with E-state index >= 15 is 0 Å². The van der Waals surface area contributed by atoms with Gasteiger partial charge >= 0.3 is 0 Å². The first-order valence-corrected chi connectivity index (χ1v) is 5.58. The number of nitrogens with one attached hydrogen (secondary N) is 1. The van der Waals surface area contributed by atoms with Crippen LogP contribution in [0.15, 0.2) is 0 Å². The third-order valence-corrected chi connectivity index (χ3v) is 3.40. The number of rotatable bonds is 2. The molecule has 1 fully saturated rings. The van der Waals surface area contributed by atoms with E-state index in [1.807, 2.05) is 4.83 Å². The first kappa shape index (κ1) is 9.91. The molecule has 0 aliphatic carbocycles. The van der Waals surface area contributed by atoms with Crippen molar-refractivity contribution in [2.24, 2.45) is 5.84 Å². The smallest absolute Gasteiger partial charge is 0.257 e. The van der Waals surface area contributed by atoms with E-state index in [0.717, 1.165) is 25.7 Å². The van der Waals surface area contributed by atoms with Gasteiger partial charge in [0, 0.05) is 13.1 Å². The molecular weight excluding hydrogens is 178 g/mol. The molecule has 5 nitrogen and oxygen atoms in total. The maximum atomic E-state index is 11.2. The monoisotopic (exact) mass is 193 g/mol. The number of nitrogens with two attached hydrogens (primary N) is 1. The zero-order valence-corrected chi connectivity index (χ0v) is 7.81. The predicted octanol–water partition coefficient (Wildman–Crippen LogP) is -0.429. The van der Waals surface area contributed by atoms with Gasteiger partial charge in [0.1, 0.15) is 0 Å². The molecule has 0 radical (unpaired) electrons. The molecule has 1 saturated heterocycles. The second-order valence-corrected chi connectivity index (χ2v) is 4.64. The Bertz CT molecular complexity index is 219. The fraction of sp³-hybridized carbons (Fsp3) is 1.00. The Kier molecular flexibility index (Phi) is 3.45. The van der Waals surface area contributed by atoms with Crippen LogP contribution in [-0.2, 0) is 10.2 Å². The summed E-state index contributed by atoms with van der Waals surface area (Å²) in [6.07, 6.45) is 4.08. The second kappa shape index (κ2) is 4.18. The Morgan fingerprint density at radius 3 is 2.00 bits per heavy atom. The van der Waals surface area contributed by atoms with E-state index in [4.69, 9.17) is 5.84 Å². The Morgan fingerprint density at radius 1 is 1.08 bits per heavy atom. The van der Waals surface area contributed by atoms with Crippen molar-refractivity contribution in [1.82, 2.24) is 9.14 Å². The highest BCUT2D eigenvalue weighted by atomic mass is 32.2. The maximum absolute atomic E-state index is 11.2. The zero-order valence-electron chi connectivity index (χ0n) is 6.99. The number of hydrogen-bond acceptors (Lipinski definition) is 3. The fourth-order valence-electron chi connectivity index (χ4n) is 1.36. The molecule has 6 heteroatoms. The largest absolute Gasteiger partial charge is 0.292 e. The molecule has 0 aromatic heterocycles. The van der Waals surface area contributed by atoms with Crippen molar-refractivity contribution in [2.45, 2.75) is 25.7 Å². The van der Waals surface area contributed by atoms with Gasteiger partial charge in [-0.1, -0.05) is 12.8 Å². The van der Waals surface area contributed by atoms with Gasteiger partial charge in [0.25, 0.3) is 10.2 Å². The van der Waals surface area contributed by atoms with Gasteiger partial charge in [-0.2, -0.15) is 12.7 Å². The van der Waals surface area contributed by atoms with Crippen LogP contribution in [0.2, 0.25) is 0 Å². The highest BCUT2D eigenvalue weighted by Gasteiger charge is 2.20. The van der Waals surface area contributed by atoms with Crippen LogP contribution in [0.5, 0.6) is 0 Å². The lowest BCUT2D eigenvalue weighted by Crippen LogP contribution is -2.44. The second-order valence-electron chi connectivity index (χ2n) is 2.94. The van der Waals surface area contributed by atoms with Crippen molar-refractivity contribution >= 4 is 10.2 Å². The number of hydrazine groups is 1. The van der Waals surface area contributed by atoms with Gasteiger partial charge in [0.15, 0.2) is 0 Å². The minimum Gasteiger partial charge on any atom is -0.257 e. The summed E-state index contributed by atoms with van der Waals surface area (Å²) in [5.41, 5.74) is 0. The highest BCUT2D eigenvalue weighted by Crippen LogP contribution is 2.11. The van der Waals surface area contributed by atoms with Crippen LogP contribution in [0.25, 0.3) is 0 Å². The van der Waals surface area contributed by atoms with Gasteiger partial charge in [-0.25, -0.2) is 0 Å². The van der Waals surface area contributed by atoms with Crippen LogP contribution in [0.1, 0.15) is 25.7 Å². The molecule has 0 amide bonds. The molecular formula is C6H15N3O2S. The SMILES string of the molecule is NNS(=O)(=O)N1CCCCCC1. The molecule has 1 rings (SSSR count). The Hall–Kier alpha value is -0.170. The van der Waals surface area contributed by atoms with Crippen LogP contribution < -0.4 is 10.7 Å². The molecule has 72 valence electrons. The van der Waals surface area contributed by atoms with Gasteiger partial charge in [0.05, 0.1) is 0 Å². The quantitative estimate of drug-likeness (QED) is 0.461. The van der Waals surface area contributed by atoms with E-state index < -0.39 is 10.2 Å². The molecule has 3 N–H and O–H groups in total. The van der Waals surface area contributed by atoms with E-state index in [1.165, 1.54) is 4.31 Å². The van der Waals surface area contributed by atoms with Crippen molar-refractivity contribution in [3.63, 3.8) is 0 Å². The lowest BCUT2D eigenvalue weighted by atomic mass is 10.2. The van der Waals surface area contributed by atoms with Gasteiger partial charge in [-0.05, 0) is 12.8 Å².